The molecule has 0 heterocycles. The van der Waals surface area contributed by atoms with Crippen molar-refractivity contribution in [1.82, 2.24) is 0 Å². The summed E-state index contributed by atoms with van der Waals surface area (Å²) in [5, 5.41) is 9.74. The van der Waals surface area contributed by atoms with Crippen molar-refractivity contribution in [3.63, 3.8) is 0 Å². The summed E-state index contributed by atoms with van der Waals surface area (Å²) >= 11 is 3.40. The second-order valence-corrected chi connectivity index (χ2v) is 6.63. The first-order chi connectivity index (χ1) is 9.22. The van der Waals surface area contributed by atoms with Gasteiger partial charge >= 0.3 is 0 Å². The van der Waals surface area contributed by atoms with Crippen LogP contribution in [0.3, 0.4) is 0 Å². The Bertz CT molecular complexity index is 194. The fourth-order valence-corrected chi connectivity index (χ4v) is 2.60. The van der Waals surface area contributed by atoms with Gasteiger partial charge < -0.3 is 5.11 Å². The van der Waals surface area contributed by atoms with E-state index in [4.69, 9.17) is 0 Å². The fraction of sp³-hybridized carbons (Fsp3) is 0.882. The maximum atomic E-state index is 9.74. The van der Waals surface area contributed by atoms with Gasteiger partial charge in [-0.1, -0.05) is 99.6 Å². The zero-order valence-electron chi connectivity index (χ0n) is 12.7. The van der Waals surface area contributed by atoms with E-state index in [9.17, 15) is 5.11 Å². The van der Waals surface area contributed by atoms with E-state index in [1.165, 1.54) is 64.2 Å². The monoisotopic (exact) mass is 332 g/mol. The molecule has 0 aromatic heterocycles. The Hall–Kier alpha value is 0.180. The lowest BCUT2D eigenvalue weighted by Crippen LogP contribution is -2.17. The summed E-state index contributed by atoms with van der Waals surface area (Å²) in [7, 11) is 0. The highest BCUT2D eigenvalue weighted by Gasteiger charge is 2.11. The third-order valence-corrected chi connectivity index (χ3v) is 4.68. The summed E-state index contributed by atoms with van der Waals surface area (Å²) in [4.78, 5) is 0.0515. The van der Waals surface area contributed by atoms with E-state index in [1.54, 1.807) is 6.08 Å². The van der Waals surface area contributed by atoms with Crippen LogP contribution in [-0.4, -0.2) is 16.0 Å². The molecule has 2 heteroatoms. The minimum absolute atomic E-state index is 0.0515. The fourth-order valence-electron chi connectivity index (χ4n) is 2.33. The average molecular weight is 333 g/mol. The van der Waals surface area contributed by atoms with Gasteiger partial charge in [0.2, 0.25) is 0 Å². The number of alkyl halides is 1. The van der Waals surface area contributed by atoms with Gasteiger partial charge in [-0.05, 0) is 6.42 Å². The van der Waals surface area contributed by atoms with E-state index in [0.29, 0.717) is 0 Å². The maximum absolute atomic E-state index is 9.74. The molecule has 0 bridgehead atoms. The second kappa shape index (κ2) is 14.6. The summed E-state index contributed by atoms with van der Waals surface area (Å²) < 4.78 is 0. The Morgan fingerprint density at radius 3 is 1.74 bits per heavy atom. The van der Waals surface area contributed by atoms with Crippen LogP contribution in [0.5, 0.6) is 0 Å². The molecule has 0 amide bonds. The van der Waals surface area contributed by atoms with Crippen molar-refractivity contribution in [1.29, 1.82) is 0 Å². The minimum atomic E-state index is -0.268. The first kappa shape index (κ1) is 19.2. The quantitative estimate of drug-likeness (QED) is 0.235. The molecular formula is C17H33BrO. The van der Waals surface area contributed by atoms with E-state index in [-0.39, 0.29) is 10.9 Å². The molecule has 0 saturated carbocycles. The molecule has 0 spiro atoms. The van der Waals surface area contributed by atoms with E-state index in [2.05, 4.69) is 29.4 Å². The van der Waals surface area contributed by atoms with Gasteiger partial charge in [0.15, 0.2) is 0 Å². The highest BCUT2D eigenvalue weighted by atomic mass is 79.9. The van der Waals surface area contributed by atoms with Crippen molar-refractivity contribution in [3.8, 4) is 0 Å². The third kappa shape index (κ3) is 12.9. The van der Waals surface area contributed by atoms with E-state index >= 15 is 0 Å². The van der Waals surface area contributed by atoms with Crippen molar-refractivity contribution >= 4 is 15.9 Å². The summed E-state index contributed by atoms with van der Waals surface area (Å²) in [6.45, 7) is 5.95. The molecule has 0 aromatic rings. The number of hydrogen-bond donors (Lipinski definition) is 1. The molecule has 0 rings (SSSR count). The number of unbranched alkanes of at least 4 members (excludes halogenated alkanes) is 10. The molecule has 2 atom stereocenters. The second-order valence-electron chi connectivity index (χ2n) is 5.57. The van der Waals surface area contributed by atoms with Gasteiger partial charge in [0.25, 0.3) is 0 Å². The summed E-state index contributed by atoms with van der Waals surface area (Å²) in [5.74, 6) is 0. The number of halogens is 1. The Morgan fingerprint density at radius 2 is 1.32 bits per heavy atom. The smallest absolute Gasteiger partial charge is 0.0700 e. The van der Waals surface area contributed by atoms with Gasteiger partial charge in [-0.15, -0.1) is 6.58 Å². The van der Waals surface area contributed by atoms with Gasteiger partial charge in [0.1, 0.15) is 0 Å². The van der Waals surface area contributed by atoms with Gasteiger partial charge in [-0.2, -0.15) is 0 Å². The summed E-state index contributed by atoms with van der Waals surface area (Å²) in [5.41, 5.74) is 0. The molecule has 1 nitrogen and oxygen atoms in total. The first-order valence-electron chi connectivity index (χ1n) is 8.17. The number of aliphatic hydroxyl groups is 1. The minimum Gasteiger partial charge on any atom is -0.392 e. The Labute approximate surface area is 129 Å². The lowest BCUT2D eigenvalue weighted by atomic mass is 10.0. The SMILES string of the molecule is C=C[C@@H](Br)[C@@H](O)CCCCCCCCCCCCC. The van der Waals surface area contributed by atoms with Gasteiger partial charge in [-0.25, -0.2) is 0 Å². The molecule has 0 aliphatic rings. The molecule has 0 aliphatic carbocycles. The highest BCUT2D eigenvalue weighted by molar-refractivity contribution is 9.09. The number of rotatable bonds is 14. The predicted molar refractivity (Wildman–Crippen MR) is 90.0 cm³/mol. The summed E-state index contributed by atoms with van der Waals surface area (Å²) in [6, 6.07) is 0. The molecule has 1 N–H and O–H groups in total. The number of hydrogen-bond acceptors (Lipinski definition) is 1. The van der Waals surface area contributed by atoms with Crippen molar-refractivity contribution < 1.29 is 5.11 Å². The molecule has 19 heavy (non-hydrogen) atoms. The lowest BCUT2D eigenvalue weighted by Gasteiger charge is -2.13. The highest BCUT2D eigenvalue weighted by Crippen LogP contribution is 2.15. The lowest BCUT2D eigenvalue weighted by molar-refractivity contribution is 0.170. The van der Waals surface area contributed by atoms with Crippen LogP contribution in [0, 0.1) is 0 Å². The van der Waals surface area contributed by atoms with Crippen LogP contribution in [0.15, 0.2) is 12.7 Å². The largest absolute Gasteiger partial charge is 0.392 e. The van der Waals surface area contributed by atoms with Crippen LogP contribution < -0.4 is 0 Å². The molecule has 0 aliphatic heterocycles. The van der Waals surface area contributed by atoms with E-state index in [0.717, 1.165) is 12.8 Å². The standard InChI is InChI=1S/C17H33BrO/c1-3-5-6-7-8-9-10-11-12-13-14-15-17(19)16(18)4-2/h4,16-17,19H,2-3,5-15H2,1H3/t16-,17+/m1/s1. The molecule has 114 valence electrons. The Morgan fingerprint density at radius 1 is 0.895 bits per heavy atom. The van der Waals surface area contributed by atoms with Crippen LogP contribution >= 0.6 is 15.9 Å². The van der Waals surface area contributed by atoms with Gasteiger partial charge in [-0.3, -0.25) is 0 Å². The molecule has 0 saturated heterocycles. The zero-order valence-corrected chi connectivity index (χ0v) is 14.3. The van der Waals surface area contributed by atoms with Crippen molar-refractivity contribution in [2.24, 2.45) is 0 Å². The van der Waals surface area contributed by atoms with Crippen molar-refractivity contribution in [3.05, 3.63) is 12.7 Å². The number of aliphatic hydroxyl groups excluding tert-OH is 1. The summed E-state index contributed by atoms with van der Waals surface area (Å²) in [6.07, 6.45) is 17.3. The topological polar surface area (TPSA) is 20.2 Å². The molecule has 0 fully saturated rings. The van der Waals surface area contributed by atoms with Crippen LogP contribution in [0.1, 0.15) is 84.0 Å². The Balaban J connectivity index is 3.12. The van der Waals surface area contributed by atoms with Gasteiger partial charge in [0, 0.05) is 0 Å². The van der Waals surface area contributed by atoms with Crippen LogP contribution in [0.25, 0.3) is 0 Å². The van der Waals surface area contributed by atoms with Crippen LogP contribution in [-0.2, 0) is 0 Å². The first-order valence-corrected chi connectivity index (χ1v) is 9.08. The molecule has 0 radical (unpaired) electrons. The van der Waals surface area contributed by atoms with Gasteiger partial charge in [0.05, 0.1) is 10.9 Å². The zero-order chi connectivity index (χ0) is 14.3. The third-order valence-electron chi connectivity index (χ3n) is 3.70. The predicted octanol–water partition coefficient (Wildman–Crippen LogP) is 6.00. The van der Waals surface area contributed by atoms with Crippen molar-refractivity contribution in [2.45, 2.75) is 94.9 Å². The van der Waals surface area contributed by atoms with Crippen molar-refractivity contribution in [2.75, 3.05) is 0 Å². The maximum Gasteiger partial charge on any atom is 0.0700 e. The Kier molecular flexibility index (Phi) is 14.7. The van der Waals surface area contributed by atoms with Crippen LogP contribution in [0.2, 0.25) is 0 Å². The molecular weight excluding hydrogens is 300 g/mol. The molecule has 0 unspecified atom stereocenters. The average Bonchev–Trinajstić information content (AvgIpc) is 2.43. The van der Waals surface area contributed by atoms with E-state index < -0.39 is 0 Å². The normalized spacial score (nSPS) is 14.3. The molecule has 0 aromatic carbocycles. The van der Waals surface area contributed by atoms with Crippen LogP contribution in [0.4, 0.5) is 0 Å². The van der Waals surface area contributed by atoms with E-state index in [1.807, 2.05) is 0 Å².